The summed E-state index contributed by atoms with van der Waals surface area (Å²) in [5.41, 5.74) is 4.63. The fraction of sp³-hybridized carbons (Fsp3) is 1.00. The van der Waals surface area contributed by atoms with Gasteiger partial charge in [-0.15, -0.1) is 0 Å². The molecule has 1 unspecified atom stereocenters. The summed E-state index contributed by atoms with van der Waals surface area (Å²) in [5.74, 6) is 0. The van der Waals surface area contributed by atoms with Crippen molar-refractivity contribution in [2.75, 3.05) is 19.6 Å². The lowest BCUT2D eigenvalue weighted by Crippen LogP contribution is -2.60. The third-order valence-corrected chi connectivity index (χ3v) is 5.51. The molecule has 1 fully saturated rings. The van der Waals surface area contributed by atoms with Crippen molar-refractivity contribution in [1.29, 1.82) is 0 Å². The van der Waals surface area contributed by atoms with Crippen molar-refractivity contribution in [2.45, 2.75) is 57.5 Å². The Kier molecular flexibility index (Phi) is 4.48. The Hall–Kier alpha value is -0.170. The van der Waals surface area contributed by atoms with Crippen molar-refractivity contribution < 1.29 is 13.2 Å². The summed E-state index contributed by atoms with van der Waals surface area (Å²) >= 11 is 0. The molecule has 1 rings (SSSR count). The molecule has 0 aliphatic carbocycles. The molecular weight excluding hydrogens is 252 g/mol. The first-order valence-corrected chi connectivity index (χ1v) is 7.93. The number of rotatable bonds is 4. The molecule has 6 heteroatoms. The molecule has 0 amide bonds. The van der Waals surface area contributed by atoms with Crippen LogP contribution in [0.5, 0.6) is 0 Å². The number of morpholine rings is 1. The van der Waals surface area contributed by atoms with E-state index in [2.05, 4.69) is 0 Å². The molecule has 0 aromatic heterocycles. The zero-order chi connectivity index (χ0) is 14.2. The molecule has 18 heavy (non-hydrogen) atoms. The zero-order valence-corrected chi connectivity index (χ0v) is 12.9. The number of hydrogen-bond acceptors (Lipinski definition) is 4. The van der Waals surface area contributed by atoms with E-state index in [0.717, 1.165) is 0 Å². The van der Waals surface area contributed by atoms with Gasteiger partial charge in [-0.2, -0.15) is 4.31 Å². The van der Waals surface area contributed by atoms with E-state index in [1.807, 2.05) is 34.6 Å². The Morgan fingerprint density at radius 1 is 1.22 bits per heavy atom. The summed E-state index contributed by atoms with van der Waals surface area (Å²) in [6.45, 7) is 10.5. The van der Waals surface area contributed by atoms with Gasteiger partial charge in [0.1, 0.15) is 0 Å². The van der Waals surface area contributed by atoms with Gasteiger partial charge in [0.2, 0.25) is 10.0 Å². The van der Waals surface area contributed by atoms with Gasteiger partial charge < -0.3 is 10.5 Å². The van der Waals surface area contributed by atoms with Gasteiger partial charge in [-0.3, -0.25) is 0 Å². The number of hydrogen-bond donors (Lipinski definition) is 1. The van der Waals surface area contributed by atoms with Gasteiger partial charge in [0, 0.05) is 19.6 Å². The molecule has 1 aliphatic heterocycles. The summed E-state index contributed by atoms with van der Waals surface area (Å²) in [5, 5.41) is -0.498. The van der Waals surface area contributed by atoms with Crippen LogP contribution in [0.4, 0.5) is 0 Å². The minimum atomic E-state index is -3.34. The lowest BCUT2D eigenvalue weighted by molar-refractivity contribution is -0.164. The van der Waals surface area contributed by atoms with Crippen LogP contribution < -0.4 is 5.73 Å². The van der Waals surface area contributed by atoms with Gasteiger partial charge in [0.05, 0.1) is 16.5 Å². The Labute approximate surface area is 111 Å². The van der Waals surface area contributed by atoms with Crippen molar-refractivity contribution in [2.24, 2.45) is 5.73 Å². The smallest absolute Gasteiger partial charge is 0.218 e. The van der Waals surface area contributed by atoms with Gasteiger partial charge in [0.25, 0.3) is 0 Å². The first-order chi connectivity index (χ1) is 8.04. The fourth-order valence-electron chi connectivity index (χ4n) is 2.61. The first-order valence-electron chi connectivity index (χ1n) is 6.43. The number of sulfonamides is 1. The first kappa shape index (κ1) is 15.9. The largest absolute Gasteiger partial charge is 0.367 e. The molecule has 1 aliphatic rings. The molecule has 5 nitrogen and oxygen atoms in total. The summed E-state index contributed by atoms with van der Waals surface area (Å²) in [7, 11) is -3.34. The van der Waals surface area contributed by atoms with E-state index in [4.69, 9.17) is 10.5 Å². The molecule has 108 valence electrons. The van der Waals surface area contributed by atoms with Gasteiger partial charge >= 0.3 is 0 Å². The molecule has 0 aromatic carbocycles. The van der Waals surface area contributed by atoms with Crippen molar-refractivity contribution in [3.05, 3.63) is 0 Å². The predicted molar refractivity (Wildman–Crippen MR) is 72.9 cm³/mol. The average molecular weight is 278 g/mol. The van der Waals surface area contributed by atoms with Crippen LogP contribution in [-0.4, -0.2) is 48.8 Å². The van der Waals surface area contributed by atoms with Crippen LogP contribution in [0, 0.1) is 0 Å². The van der Waals surface area contributed by atoms with E-state index in [1.54, 1.807) is 0 Å². The molecule has 0 spiro atoms. The SMILES string of the molecule is CCC(CN)S(=O)(=O)N1CC(C)(C)OC(C)(C)C1. The molecule has 1 heterocycles. The Morgan fingerprint density at radius 3 is 2.00 bits per heavy atom. The quantitative estimate of drug-likeness (QED) is 0.831. The Balaban J connectivity index is 3.02. The standard InChI is InChI=1S/C12H26N2O3S/c1-6-10(7-13)18(15,16)14-8-11(2,3)17-12(4,5)9-14/h10H,6-9,13H2,1-5H3. The molecule has 0 aromatic rings. The Bertz CT molecular complexity index is 370. The highest BCUT2D eigenvalue weighted by Crippen LogP contribution is 2.30. The van der Waals surface area contributed by atoms with Crippen LogP contribution in [0.2, 0.25) is 0 Å². The zero-order valence-electron chi connectivity index (χ0n) is 12.1. The lowest BCUT2D eigenvalue weighted by atomic mass is 10.0. The van der Waals surface area contributed by atoms with Crippen LogP contribution >= 0.6 is 0 Å². The molecule has 0 radical (unpaired) electrons. The molecule has 0 saturated carbocycles. The predicted octanol–water partition coefficient (Wildman–Crippen LogP) is 0.943. The summed E-state index contributed by atoms with van der Waals surface area (Å²) in [6.07, 6.45) is 0.539. The average Bonchev–Trinajstić information content (AvgIpc) is 2.14. The van der Waals surface area contributed by atoms with Crippen LogP contribution in [-0.2, 0) is 14.8 Å². The van der Waals surface area contributed by atoms with Crippen molar-refractivity contribution in [3.8, 4) is 0 Å². The third-order valence-electron chi connectivity index (χ3n) is 3.17. The normalized spacial score (nSPS) is 25.9. The van der Waals surface area contributed by atoms with E-state index in [1.165, 1.54) is 4.31 Å². The number of nitrogens with zero attached hydrogens (tertiary/aromatic N) is 1. The van der Waals surface area contributed by atoms with E-state index < -0.39 is 26.5 Å². The third kappa shape index (κ3) is 3.44. The van der Waals surface area contributed by atoms with Crippen molar-refractivity contribution in [3.63, 3.8) is 0 Å². The van der Waals surface area contributed by atoms with Gasteiger partial charge in [0.15, 0.2) is 0 Å². The topological polar surface area (TPSA) is 72.6 Å². The minimum Gasteiger partial charge on any atom is -0.367 e. The fourth-order valence-corrected chi connectivity index (χ4v) is 4.68. The number of ether oxygens (including phenoxy) is 1. The maximum absolute atomic E-state index is 12.5. The van der Waals surface area contributed by atoms with Crippen LogP contribution in [0.1, 0.15) is 41.0 Å². The molecule has 1 atom stereocenters. The van der Waals surface area contributed by atoms with E-state index in [-0.39, 0.29) is 6.54 Å². The van der Waals surface area contributed by atoms with Crippen molar-refractivity contribution >= 4 is 10.0 Å². The summed E-state index contributed by atoms with van der Waals surface area (Å²) in [6, 6.07) is 0. The maximum Gasteiger partial charge on any atom is 0.218 e. The molecule has 0 bridgehead atoms. The van der Waals surface area contributed by atoms with Crippen molar-refractivity contribution in [1.82, 2.24) is 4.31 Å². The van der Waals surface area contributed by atoms with E-state index in [9.17, 15) is 8.42 Å². The van der Waals surface area contributed by atoms with Crippen LogP contribution in [0.15, 0.2) is 0 Å². The molecule has 1 saturated heterocycles. The van der Waals surface area contributed by atoms with Gasteiger partial charge in [-0.1, -0.05) is 6.92 Å². The second-order valence-electron chi connectivity index (χ2n) is 6.20. The summed E-state index contributed by atoms with van der Waals surface area (Å²) in [4.78, 5) is 0. The monoisotopic (exact) mass is 278 g/mol. The minimum absolute atomic E-state index is 0.164. The Morgan fingerprint density at radius 2 is 1.67 bits per heavy atom. The lowest BCUT2D eigenvalue weighted by Gasteiger charge is -2.47. The molecular formula is C12H26N2O3S. The van der Waals surface area contributed by atoms with E-state index >= 15 is 0 Å². The maximum atomic E-state index is 12.5. The summed E-state index contributed by atoms with van der Waals surface area (Å²) < 4.78 is 32.5. The second kappa shape index (κ2) is 5.07. The van der Waals surface area contributed by atoms with Crippen LogP contribution in [0.3, 0.4) is 0 Å². The number of nitrogens with two attached hydrogens (primary N) is 1. The van der Waals surface area contributed by atoms with E-state index in [0.29, 0.717) is 19.5 Å². The second-order valence-corrected chi connectivity index (χ2v) is 8.41. The highest BCUT2D eigenvalue weighted by molar-refractivity contribution is 7.89. The van der Waals surface area contributed by atoms with Gasteiger partial charge in [-0.25, -0.2) is 8.42 Å². The molecule has 2 N–H and O–H groups in total. The van der Waals surface area contributed by atoms with Crippen LogP contribution in [0.25, 0.3) is 0 Å². The highest BCUT2D eigenvalue weighted by atomic mass is 32.2. The highest BCUT2D eigenvalue weighted by Gasteiger charge is 2.44. The van der Waals surface area contributed by atoms with Gasteiger partial charge in [-0.05, 0) is 34.1 Å².